The van der Waals surface area contributed by atoms with Crippen molar-refractivity contribution in [3.8, 4) is 0 Å². The molecule has 0 aromatic heterocycles. The molecule has 2 unspecified atom stereocenters. The average Bonchev–Trinajstić information content (AvgIpc) is 2.69. The zero-order valence-electron chi connectivity index (χ0n) is 21.1. The maximum absolute atomic E-state index is 9.49. The van der Waals surface area contributed by atoms with E-state index in [4.69, 9.17) is 9.84 Å². The van der Waals surface area contributed by atoms with Gasteiger partial charge in [-0.05, 0) is 50.4 Å². The minimum Gasteiger partial charge on any atom is -0.412 e. The number of hydrogen-bond acceptors (Lipinski definition) is 4. The van der Waals surface area contributed by atoms with Crippen LogP contribution in [0.1, 0.15) is 105 Å². The van der Waals surface area contributed by atoms with Gasteiger partial charge >= 0.3 is 0 Å². The molecule has 0 aliphatic carbocycles. The molecule has 0 spiro atoms. The van der Waals surface area contributed by atoms with Crippen molar-refractivity contribution >= 4 is 0 Å². The Balaban J connectivity index is 0. The van der Waals surface area contributed by atoms with Crippen LogP contribution in [-0.4, -0.2) is 52.8 Å². The molecule has 0 aromatic rings. The predicted octanol–water partition coefficient (Wildman–Crippen LogP) is 5.06. The largest absolute Gasteiger partial charge is 0.412 e. The third-order valence-corrected chi connectivity index (χ3v) is 6.05. The van der Waals surface area contributed by atoms with Gasteiger partial charge < -0.3 is 25.5 Å². The third-order valence-electron chi connectivity index (χ3n) is 6.05. The molecule has 0 bridgehead atoms. The summed E-state index contributed by atoms with van der Waals surface area (Å²) in [4.78, 5) is 0. The van der Waals surface area contributed by atoms with Crippen LogP contribution in [0.2, 0.25) is 0 Å². The van der Waals surface area contributed by atoms with Crippen LogP contribution in [0.25, 0.3) is 0 Å². The molecule has 0 saturated carbocycles. The van der Waals surface area contributed by atoms with Crippen molar-refractivity contribution in [3.63, 3.8) is 0 Å². The Morgan fingerprint density at radius 3 is 1.90 bits per heavy atom. The van der Waals surface area contributed by atoms with Gasteiger partial charge in [-0.2, -0.15) is 0 Å². The summed E-state index contributed by atoms with van der Waals surface area (Å²) >= 11 is 0. The Labute approximate surface area is 192 Å². The predicted molar refractivity (Wildman–Crippen MR) is 131 cm³/mol. The smallest absolute Gasteiger partial charge is 0.105 e. The van der Waals surface area contributed by atoms with Crippen LogP contribution in [0.3, 0.4) is 0 Å². The first-order valence-corrected chi connectivity index (χ1v) is 12.5. The van der Waals surface area contributed by atoms with Crippen LogP contribution in [0.5, 0.6) is 0 Å². The van der Waals surface area contributed by atoms with Gasteiger partial charge in [0, 0.05) is 6.61 Å². The van der Waals surface area contributed by atoms with Gasteiger partial charge in [0.15, 0.2) is 0 Å². The van der Waals surface area contributed by atoms with Gasteiger partial charge in [-0.3, -0.25) is 0 Å². The lowest BCUT2D eigenvalue weighted by Gasteiger charge is -2.15. The monoisotopic (exact) mass is 446 g/mol. The maximum Gasteiger partial charge on any atom is 0.105 e. The van der Waals surface area contributed by atoms with Gasteiger partial charge in [-0.1, -0.05) is 84.3 Å². The van der Waals surface area contributed by atoms with E-state index in [1.165, 1.54) is 63.4 Å². The Kier molecular flexibility index (Phi) is 22.6. The molecule has 5 nitrogen and oxygen atoms in total. The van der Waals surface area contributed by atoms with Gasteiger partial charge in [0.05, 0.1) is 13.2 Å². The fourth-order valence-electron chi connectivity index (χ4n) is 3.78. The van der Waals surface area contributed by atoms with Crippen molar-refractivity contribution in [2.24, 2.45) is 17.8 Å². The van der Waals surface area contributed by atoms with E-state index in [1.54, 1.807) is 0 Å². The maximum atomic E-state index is 9.49. The molecule has 5 heteroatoms. The quantitative estimate of drug-likeness (QED) is 0.180. The Bertz CT molecular complexity index is 411. The highest BCUT2D eigenvalue weighted by Crippen LogP contribution is 2.22. The highest BCUT2D eigenvalue weighted by Gasteiger charge is 2.14. The van der Waals surface area contributed by atoms with E-state index in [0.717, 1.165) is 30.6 Å². The molecule has 0 amide bonds. The Hall–Kier alpha value is -0.460. The lowest BCUT2D eigenvalue weighted by atomic mass is 9.91. The van der Waals surface area contributed by atoms with Gasteiger partial charge in [-0.25, -0.2) is 0 Å². The number of hydrogen-bond donors (Lipinski definition) is 3. The first kappa shape index (κ1) is 32.7. The second-order valence-electron chi connectivity index (χ2n) is 9.94. The summed E-state index contributed by atoms with van der Waals surface area (Å²) in [6, 6.07) is 0. The van der Waals surface area contributed by atoms with Gasteiger partial charge in [0.25, 0.3) is 0 Å². The van der Waals surface area contributed by atoms with Crippen molar-refractivity contribution < 1.29 is 25.5 Å². The van der Waals surface area contributed by atoms with Crippen molar-refractivity contribution in [2.75, 3.05) is 19.8 Å². The number of rotatable bonds is 20. The molecule has 0 aromatic carbocycles. The number of ether oxygens (including phenoxy) is 1. The molecule has 4 atom stereocenters. The lowest BCUT2D eigenvalue weighted by molar-refractivity contribution is -0.0568. The van der Waals surface area contributed by atoms with Crippen LogP contribution < -0.4 is 0 Å². The lowest BCUT2D eigenvalue weighted by Crippen LogP contribution is -2.33. The summed E-state index contributed by atoms with van der Waals surface area (Å²) < 4.78 is 5.35. The van der Waals surface area contributed by atoms with E-state index in [2.05, 4.69) is 40.7 Å². The summed E-state index contributed by atoms with van der Waals surface area (Å²) in [7, 11) is 0. The topological polar surface area (TPSA) is 101 Å². The standard InChI is InChI=1S/C26H52O4.H2O/c1-21(2)11-8-13-23(4)15-10-17-24(5)16-9-14-22(3)12-6-7-18-30-20-26(29)25(28)19-27;/h12,21,23-29H,6-11,13-20H2,1-5H3;1H2/t23?,24?,25-,26+;/m1./s1. The fourth-order valence-corrected chi connectivity index (χ4v) is 3.78. The molecule has 0 rings (SSSR count). The first-order chi connectivity index (χ1) is 14.3. The Morgan fingerprint density at radius 1 is 0.806 bits per heavy atom. The summed E-state index contributed by atoms with van der Waals surface area (Å²) in [5.74, 6) is 2.55. The third kappa shape index (κ3) is 21.2. The SMILES string of the molecule is CC(=CCCCOC[C@H](O)[C@H](O)CO)CCCC(C)CCCC(C)CCCC(C)C.O. The molecule has 0 aliphatic heterocycles. The summed E-state index contributed by atoms with van der Waals surface area (Å²) in [5.41, 5.74) is 1.46. The zero-order chi connectivity index (χ0) is 22.8. The van der Waals surface area contributed by atoms with Crippen LogP contribution in [0.15, 0.2) is 11.6 Å². The molecule has 0 radical (unpaired) electrons. The van der Waals surface area contributed by atoms with Crippen LogP contribution in [0, 0.1) is 17.8 Å². The van der Waals surface area contributed by atoms with Crippen molar-refractivity contribution in [3.05, 3.63) is 11.6 Å². The van der Waals surface area contributed by atoms with E-state index in [1.807, 2.05) is 0 Å². The van der Waals surface area contributed by atoms with Gasteiger partial charge in [-0.15, -0.1) is 0 Å². The van der Waals surface area contributed by atoms with Crippen LogP contribution in [-0.2, 0) is 4.74 Å². The summed E-state index contributed by atoms with van der Waals surface area (Å²) in [6.45, 7) is 11.9. The highest BCUT2D eigenvalue weighted by atomic mass is 16.5. The molecule has 0 heterocycles. The minimum absolute atomic E-state index is 0. The highest BCUT2D eigenvalue weighted by molar-refractivity contribution is 4.97. The van der Waals surface area contributed by atoms with Crippen LogP contribution >= 0.6 is 0 Å². The Morgan fingerprint density at radius 2 is 1.35 bits per heavy atom. The second kappa shape index (κ2) is 21.4. The van der Waals surface area contributed by atoms with Gasteiger partial charge in [0.2, 0.25) is 0 Å². The molecular weight excluding hydrogens is 392 g/mol. The van der Waals surface area contributed by atoms with Crippen LogP contribution in [0.4, 0.5) is 0 Å². The van der Waals surface area contributed by atoms with Crippen molar-refractivity contribution in [1.29, 1.82) is 0 Å². The molecular formula is C26H54O5. The molecule has 5 N–H and O–H groups in total. The number of aliphatic hydroxyl groups excluding tert-OH is 3. The minimum atomic E-state index is -1.12. The van der Waals surface area contributed by atoms with Crippen molar-refractivity contribution in [1.82, 2.24) is 0 Å². The number of unbranched alkanes of at least 4 members (excludes halogenated alkanes) is 1. The van der Waals surface area contributed by atoms with Gasteiger partial charge in [0.1, 0.15) is 12.2 Å². The molecule has 188 valence electrons. The van der Waals surface area contributed by atoms with E-state index in [-0.39, 0.29) is 12.1 Å². The normalized spacial score (nSPS) is 16.1. The molecule has 0 saturated heterocycles. The summed E-state index contributed by atoms with van der Waals surface area (Å²) in [5, 5.41) is 27.5. The average molecular weight is 447 g/mol. The van der Waals surface area contributed by atoms with E-state index in [0.29, 0.717) is 6.61 Å². The first-order valence-electron chi connectivity index (χ1n) is 12.5. The molecule has 0 aliphatic rings. The summed E-state index contributed by atoms with van der Waals surface area (Å²) in [6.07, 6.45) is 14.1. The van der Waals surface area contributed by atoms with E-state index < -0.39 is 18.8 Å². The van der Waals surface area contributed by atoms with Crippen molar-refractivity contribution in [2.45, 2.75) is 117 Å². The van der Waals surface area contributed by atoms with E-state index >= 15 is 0 Å². The second-order valence-corrected chi connectivity index (χ2v) is 9.94. The fraction of sp³-hybridized carbons (Fsp3) is 0.923. The number of aliphatic hydroxyl groups is 3. The zero-order valence-corrected chi connectivity index (χ0v) is 21.1. The van der Waals surface area contributed by atoms with E-state index in [9.17, 15) is 10.2 Å². The number of allylic oxidation sites excluding steroid dienone is 2. The molecule has 0 fully saturated rings. The molecule has 31 heavy (non-hydrogen) atoms.